The van der Waals surface area contributed by atoms with E-state index in [1.807, 2.05) is 0 Å². The van der Waals surface area contributed by atoms with Gasteiger partial charge in [0.25, 0.3) is 0 Å². The first kappa shape index (κ1) is 16.0. The molecule has 1 atom stereocenters. The minimum absolute atomic E-state index is 0.0178. The van der Waals surface area contributed by atoms with Gasteiger partial charge in [0.2, 0.25) is 0 Å². The molecule has 1 aromatic carbocycles. The van der Waals surface area contributed by atoms with Crippen LogP contribution in [0.5, 0.6) is 0 Å². The lowest BCUT2D eigenvalue weighted by molar-refractivity contribution is -0.143. The Labute approximate surface area is 118 Å². The van der Waals surface area contributed by atoms with Crippen LogP contribution in [0, 0.1) is 11.7 Å². The number of aliphatic carboxylic acids is 1. The van der Waals surface area contributed by atoms with Crippen molar-refractivity contribution >= 4 is 21.9 Å². The van der Waals surface area contributed by atoms with Crippen LogP contribution in [-0.4, -0.2) is 40.9 Å². The molecule has 0 unspecified atom stereocenters. The van der Waals surface area contributed by atoms with Gasteiger partial charge in [0.15, 0.2) is 0 Å². The SMILES string of the molecule is NN(CCc1ccc(Br)cc1F)C[C@H](CO)C(=O)O. The zero-order chi connectivity index (χ0) is 14.4. The zero-order valence-corrected chi connectivity index (χ0v) is 11.8. The molecule has 0 saturated carbocycles. The molecule has 4 N–H and O–H groups in total. The van der Waals surface area contributed by atoms with Gasteiger partial charge < -0.3 is 10.2 Å². The second-order valence-corrected chi connectivity index (χ2v) is 5.11. The number of halogens is 2. The number of nitrogens with zero attached hydrogens (tertiary/aromatic N) is 1. The summed E-state index contributed by atoms with van der Waals surface area (Å²) in [4.78, 5) is 10.7. The zero-order valence-electron chi connectivity index (χ0n) is 10.2. The van der Waals surface area contributed by atoms with Crippen molar-refractivity contribution in [1.82, 2.24) is 5.01 Å². The second kappa shape index (κ2) is 7.54. The van der Waals surface area contributed by atoms with Crippen LogP contribution in [0.15, 0.2) is 22.7 Å². The van der Waals surface area contributed by atoms with E-state index >= 15 is 0 Å². The molecule has 1 rings (SSSR count). The van der Waals surface area contributed by atoms with Crippen LogP contribution in [0.2, 0.25) is 0 Å². The Bertz CT molecular complexity index is 445. The van der Waals surface area contributed by atoms with Crippen molar-refractivity contribution in [3.05, 3.63) is 34.1 Å². The molecule has 0 aliphatic rings. The molecule has 106 valence electrons. The number of hydrazine groups is 1. The lowest BCUT2D eigenvalue weighted by Crippen LogP contribution is -2.40. The third-order valence-corrected chi connectivity index (χ3v) is 3.20. The Hall–Kier alpha value is -1.02. The highest BCUT2D eigenvalue weighted by Crippen LogP contribution is 2.15. The highest BCUT2D eigenvalue weighted by molar-refractivity contribution is 9.10. The van der Waals surface area contributed by atoms with Crippen LogP contribution in [0.3, 0.4) is 0 Å². The Kier molecular flexibility index (Phi) is 6.36. The second-order valence-electron chi connectivity index (χ2n) is 4.20. The molecule has 0 aliphatic carbocycles. The van der Waals surface area contributed by atoms with Crippen molar-refractivity contribution in [1.29, 1.82) is 0 Å². The molecular weight excluding hydrogens is 319 g/mol. The molecular formula is C12H16BrFN2O3. The molecule has 0 amide bonds. The molecule has 0 heterocycles. The maximum atomic E-state index is 13.5. The Balaban J connectivity index is 2.49. The summed E-state index contributed by atoms with van der Waals surface area (Å²) in [5.74, 6) is 3.27. The number of benzene rings is 1. The first-order valence-electron chi connectivity index (χ1n) is 5.71. The minimum Gasteiger partial charge on any atom is -0.481 e. The molecule has 0 aromatic heterocycles. The summed E-state index contributed by atoms with van der Waals surface area (Å²) in [6.45, 7) is -0.151. The smallest absolute Gasteiger partial charge is 0.310 e. The van der Waals surface area contributed by atoms with Crippen LogP contribution < -0.4 is 5.84 Å². The molecule has 0 aliphatic heterocycles. The topological polar surface area (TPSA) is 86.8 Å². The highest BCUT2D eigenvalue weighted by Gasteiger charge is 2.18. The Morgan fingerprint density at radius 3 is 2.74 bits per heavy atom. The maximum Gasteiger partial charge on any atom is 0.310 e. The van der Waals surface area contributed by atoms with Crippen molar-refractivity contribution in [3.8, 4) is 0 Å². The number of rotatable bonds is 7. The lowest BCUT2D eigenvalue weighted by atomic mass is 10.1. The summed E-state index contributed by atoms with van der Waals surface area (Å²) in [5.41, 5.74) is 0.509. The van der Waals surface area contributed by atoms with Gasteiger partial charge in [-0.15, -0.1) is 0 Å². The molecule has 0 fully saturated rings. The van der Waals surface area contributed by atoms with Gasteiger partial charge >= 0.3 is 5.97 Å². The largest absolute Gasteiger partial charge is 0.481 e. The number of hydrogen-bond acceptors (Lipinski definition) is 4. The van der Waals surface area contributed by atoms with Gasteiger partial charge in [-0.3, -0.25) is 10.6 Å². The third-order valence-electron chi connectivity index (χ3n) is 2.71. The van der Waals surface area contributed by atoms with Gasteiger partial charge in [0.1, 0.15) is 5.82 Å². The van der Waals surface area contributed by atoms with Gasteiger partial charge in [0, 0.05) is 17.6 Å². The first-order valence-corrected chi connectivity index (χ1v) is 6.50. The Morgan fingerprint density at radius 1 is 1.53 bits per heavy atom. The molecule has 5 nitrogen and oxygen atoms in total. The molecule has 0 saturated heterocycles. The summed E-state index contributed by atoms with van der Waals surface area (Å²) in [7, 11) is 0. The summed E-state index contributed by atoms with van der Waals surface area (Å²) in [6.07, 6.45) is 0.368. The van der Waals surface area contributed by atoms with Crippen molar-refractivity contribution in [3.63, 3.8) is 0 Å². The number of nitrogens with two attached hydrogens (primary N) is 1. The molecule has 0 radical (unpaired) electrons. The number of carboxylic acids is 1. The fraction of sp³-hybridized carbons (Fsp3) is 0.417. The first-order chi connectivity index (χ1) is 8.93. The van der Waals surface area contributed by atoms with E-state index < -0.39 is 18.5 Å². The molecule has 0 bridgehead atoms. The van der Waals surface area contributed by atoms with E-state index in [9.17, 15) is 9.18 Å². The van der Waals surface area contributed by atoms with Crippen LogP contribution in [0.25, 0.3) is 0 Å². The van der Waals surface area contributed by atoms with Crippen LogP contribution >= 0.6 is 15.9 Å². The summed E-state index contributed by atoms with van der Waals surface area (Å²) < 4.78 is 14.2. The van der Waals surface area contributed by atoms with Gasteiger partial charge in [0.05, 0.1) is 12.5 Å². The lowest BCUT2D eigenvalue weighted by Gasteiger charge is -2.19. The molecule has 1 aromatic rings. The van der Waals surface area contributed by atoms with Crippen LogP contribution in [0.1, 0.15) is 5.56 Å². The average Bonchev–Trinajstić information content (AvgIpc) is 2.34. The minimum atomic E-state index is -1.10. The highest BCUT2D eigenvalue weighted by atomic mass is 79.9. The van der Waals surface area contributed by atoms with E-state index in [0.717, 1.165) is 0 Å². The standard InChI is InChI=1S/C12H16BrFN2O3/c13-10-2-1-8(11(14)5-10)3-4-16(15)6-9(7-17)12(18)19/h1-2,5,9,17H,3-4,6-7,15H2,(H,18,19)/t9-/m1/s1. The average molecular weight is 335 g/mol. The monoisotopic (exact) mass is 334 g/mol. The van der Waals surface area contributed by atoms with E-state index in [1.54, 1.807) is 12.1 Å². The van der Waals surface area contributed by atoms with E-state index in [2.05, 4.69) is 15.9 Å². The van der Waals surface area contributed by atoms with Crippen LogP contribution in [0.4, 0.5) is 4.39 Å². The predicted molar refractivity (Wildman–Crippen MR) is 71.8 cm³/mol. The third kappa shape index (κ3) is 5.23. The predicted octanol–water partition coefficient (Wildman–Crippen LogP) is 0.999. The van der Waals surface area contributed by atoms with Crippen molar-refractivity contribution in [2.75, 3.05) is 19.7 Å². The van der Waals surface area contributed by atoms with Crippen molar-refractivity contribution in [2.45, 2.75) is 6.42 Å². The van der Waals surface area contributed by atoms with Gasteiger partial charge in [-0.2, -0.15) is 0 Å². The summed E-state index contributed by atoms with van der Waals surface area (Å²) >= 11 is 3.17. The quantitative estimate of drug-likeness (QED) is 0.511. The molecule has 0 spiro atoms. The van der Waals surface area contributed by atoms with Gasteiger partial charge in [-0.1, -0.05) is 22.0 Å². The number of carbonyl (C=O) groups is 1. The molecule has 19 heavy (non-hydrogen) atoms. The van der Waals surface area contributed by atoms with Crippen molar-refractivity contribution in [2.24, 2.45) is 11.8 Å². The van der Waals surface area contributed by atoms with E-state index in [1.165, 1.54) is 11.1 Å². The number of hydrogen-bond donors (Lipinski definition) is 3. The van der Waals surface area contributed by atoms with E-state index in [0.29, 0.717) is 23.0 Å². The fourth-order valence-corrected chi connectivity index (χ4v) is 1.91. The number of aliphatic hydroxyl groups excluding tert-OH is 1. The fourth-order valence-electron chi connectivity index (χ4n) is 1.58. The molecule has 7 heteroatoms. The normalized spacial score (nSPS) is 12.7. The van der Waals surface area contributed by atoms with Gasteiger partial charge in [-0.25, -0.2) is 9.40 Å². The summed E-state index contributed by atoms with van der Waals surface area (Å²) in [6, 6.07) is 4.74. The number of carboxylic acid groups (broad SMARTS) is 1. The van der Waals surface area contributed by atoms with E-state index in [-0.39, 0.29) is 12.4 Å². The Morgan fingerprint density at radius 2 is 2.21 bits per heavy atom. The van der Waals surface area contributed by atoms with Gasteiger partial charge in [-0.05, 0) is 24.1 Å². The van der Waals surface area contributed by atoms with E-state index in [4.69, 9.17) is 16.1 Å². The maximum absolute atomic E-state index is 13.5. The van der Waals surface area contributed by atoms with Crippen LogP contribution in [-0.2, 0) is 11.2 Å². The van der Waals surface area contributed by atoms with Crippen molar-refractivity contribution < 1.29 is 19.4 Å². The number of aliphatic hydroxyl groups is 1. The summed E-state index contributed by atoms with van der Waals surface area (Å²) in [5, 5.41) is 18.9.